The SMILES string of the molecule is Cc1cc(S(=O)(=O)Nc2c(C)nn(C(C)C)c2C)sc1Br. The average Bonchev–Trinajstić information content (AvgIpc) is 2.85. The zero-order valence-corrected chi connectivity index (χ0v) is 15.8. The van der Waals surface area contributed by atoms with Crippen LogP contribution < -0.4 is 4.72 Å². The third-order valence-electron chi connectivity index (χ3n) is 3.15. The standard InChI is InChI=1S/C13H18BrN3O2S2/c1-7(2)17-10(5)12(9(4)15-17)16-21(18,19)11-6-8(3)13(14)20-11/h6-7,16H,1-5H3. The van der Waals surface area contributed by atoms with Crippen molar-refractivity contribution < 1.29 is 8.42 Å². The Kier molecular flexibility index (Phi) is 4.51. The molecule has 21 heavy (non-hydrogen) atoms. The van der Waals surface area contributed by atoms with Crippen molar-refractivity contribution in [2.45, 2.75) is 44.9 Å². The molecular formula is C13H18BrN3O2S2. The van der Waals surface area contributed by atoms with Crippen LogP contribution in [0.3, 0.4) is 0 Å². The normalized spacial score (nSPS) is 12.1. The predicted octanol–water partition coefficient (Wildman–Crippen LogP) is 4.01. The molecule has 0 spiro atoms. The van der Waals surface area contributed by atoms with Crippen LogP contribution in [0.1, 0.15) is 36.8 Å². The molecule has 0 amide bonds. The van der Waals surface area contributed by atoms with Gasteiger partial charge in [0.15, 0.2) is 0 Å². The Balaban J connectivity index is 2.42. The summed E-state index contributed by atoms with van der Waals surface area (Å²) in [6.07, 6.45) is 0. The van der Waals surface area contributed by atoms with Crippen molar-refractivity contribution in [2.75, 3.05) is 4.72 Å². The van der Waals surface area contributed by atoms with Crippen LogP contribution in [0.2, 0.25) is 0 Å². The van der Waals surface area contributed by atoms with Gasteiger partial charge in [0.2, 0.25) is 0 Å². The summed E-state index contributed by atoms with van der Waals surface area (Å²) < 4.78 is 30.6. The molecule has 5 nitrogen and oxygen atoms in total. The smallest absolute Gasteiger partial charge is 0.271 e. The number of hydrogen-bond donors (Lipinski definition) is 1. The fourth-order valence-corrected chi connectivity index (χ4v) is 5.46. The number of hydrogen-bond acceptors (Lipinski definition) is 4. The van der Waals surface area contributed by atoms with Gasteiger partial charge in [0.25, 0.3) is 10.0 Å². The molecule has 0 unspecified atom stereocenters. The number of halogens is 1. The molecule has 116 valence electrons. The van der Waals surface area contributed by atoms with E-state index in [0.717, 1.165) is 15.0 Å². The van der Waals surface area contributed by atoms with E-state index in [1.165, 1.54) is 11.3 Å². The molecule has 0 fully saturated rings. The highest BCUT2D eigenvalue weighted by atomic mass is 79.9. The first-order valence-electron chi connectivity index (χ1n) is 6.48. The summed E-state index contributed by atoms with van der Waals surface area (Å²) in [7, 11) is -3.59. The molecule has 2 aromatic heterocycles. The van der Waals surface area contributed by atoms with Gasteiger partial charge < -0.3 is 0 Å². The van der Waals surface area contributed by atoms with E-state index in [-0.39, 0.29) is 6.04 Å². The van der Waals surface area contributed by atoms with Crippen LogP contribution in [0.25, 0.3) is 0 Å². The van der Waals surface area contributed by atoms with E-state index in [9.17, 15) is 8.42 Å². The highest BCUT2D eigenvalue weighted by molar-refractivity contribution is 9.11. The molecule has 0 radical (unpaired) electrons. The van der Waals surface area contributed by atoms with Gasteiger partial charge in [0.05, 0.1) is 20.9 Å². The summed E-state index contributed by atoms with van der Waals surface area (Å²) in [6, 6.07) is 1.84. The molecular weight excluding hydrogens is 374 g/mol. The monoisotopic (exact) mass is 391 g/mol. The van der Waals surface area contributed by atoms with E-state index in [0.29, 0.717) is 15.6 Å². The first-order chi connectivity index (χ1) is 9.63. The van der Waals surface area contributed by atoms with E-state index in [1.54, 1.807) is 13.0 Å². The number of anilines is 1. The van der Waals surface area contributed by atoms with Gasteiger partial charge in [0.1, 0.15) is 4.21 Å². The lowest BCUT2D eigenvalue weighted by atomic mass is 10.3. The van der Waals surface area contributed by atoms with Crippen molar-refractivity contribution in [3.8, 4) is 0 Å². The quantitative estimate of drug-likeness (QED) is 0.855. The molecule has 0 saturated carbocycles. The highest BCUT2D eigenvalue weighted by Gasteiger charge is 2.22. The van der Waals surface area contributed by atoms with Gasteiger partial charge in [-0.25, -0.2) is 8.42 Å². The third kappa shape index (κ3) is 3.17. The molecule has 0 aliphatic heterocycles. The summed E-state index contributed by atoms with van der Waals surface area (Å²) in [5.74, 6) is 0. The Morgan fingerprint density at radius 2 is 1.95 bits per heavy atom. The van der Waals surface area contributed by atoms with E-state index < -0.39 is 10.0 Å². The van der Waals surface area contributed by atoms with Gasteiger partial charge in [-0.3, -0.25) is 9.40 Å². The Morgan fingerprint density at radius 3 is 2.38 bits per heavy atom. The predicted molar refractivity (Wildman–Crippen MR) is 89.7 cm³/mol. The maximum Gasteiger partial charge on any atom is 0.271 e. The molecule has 8 heteroatoms. The fourth-order valence-electron chi connectivity index (χ4n) is 2.06. The summed E-state index contributed by atoms with van der Waals surface area (Å²) in [5, 5.41) is 4.39. The minimum Gasteiger partial charge on any atom is -0.275 e. The van der Waals surface area contributed by atoms with Crippen molar-refractivity contribution in [3.63, 3.8) is 0 Å². The Hall–Kier alpha value is -0.860. The summed E-state index contributed by atoms with van der Waals surface area (Å²) in [5.41, 5.74) is 2.97. The first-order valence-corrected chi connectivity index (χ1v) is 9.57. The van der Waals surface area contributed by atoms with Crippen molar-refractivity contribution in [3.05, 3.63) is 26.8 Å². The van der Waals surface area contributed by atoms with Gasteiger partial charge in [-0.05, 0) is 62.2 Å². The van der Waals surface area contributed by atoms with Gasteiger partial charge in [-0.2, -0.15) is 5.10 Å². The molecule has 2 heterocycles. The third-order valence-corrected chi connectivity index (χ3v) is 7.11. The van der Waals surface area contributed by atoms with Gasteiger partial charge in [-0.1, -0.05) is 0 Å². The van der Waals surface area contributed by atoms with Crippen LogP contribution in [0.5, 0.6) is 0 Å². The second-order valence-electron chi connectivity index (χ2n) is 5.21. The van der Waals surface area contributed by atoms with Crippen molar-refractivity contribution in [1.29, 1.82) is 0 Å². The maximum absolute atomic E-state index is 12.5. The minimum absolute atomic E-state index is 0.181. The van der Waals surface area contributed by atoms with Crippen LogP contribution >= 0.6 is 27.3 Å². The number of nitrogens with zero attached hydrogens (tertiary/aromatic N) is 2. The maximum atomic E-state index is 12.5. The second kappa shape index (κ2) is 5.73. The minimum atomic E-state index is -3.59. The van der Waals surface area contributed by atoms with Crippen LogP contribution in [-0.2, 0) is 10.0 Å². The molecule has 0 bridgehead atoms. The Labute approximate surface area is 137 Å². The lowest BCUT2D eigenvalue weighted by Gasteiger charge is -2.09. The number of rotatable bonds is 4. The summed E-state index contributed by atoms with van der Waals surface area (Å²) in [6.45, 7) is 9.56. The van der Waals surface area contributed by atoms with Crippen molar-refractivity contribution in [1.82, 2.24) is 9.78 Å². The molecule has 0 aliphatic carbocycles. The van der Waals surface area contributed by atoms with Crippen LogP contribution in [0, 0.1) is 20.8 Å². The van der Waals surface area contributed by atoms with Gasteiger partial charge in [-0.15, -0.1) is 11.3 Å². The molecule has 0 aliphatic rings. The second-order valence-corrected chi connectivity index (χ2v) is 9.49. The summed E-state index contributed by atoms with van der Waals surface area (Å²) >= 11 is 4.56. The van der Waals surface area contributed by atoms with Gasteiger partial charge >= 0.3 is 0 Å². The topological polar surface area (TPSA) is 64.0 Å². The van der Waals surface area contributed by atoms with Crippen molar-refractivity contribution >= 4 is 43.0 Å². The lowest BCUT2D eigenvalue weighted by Crippen LogP contribution is -2.13. The van der Waals surface area contributed by atoms with Crippen LogP contribution in [-0.4, -0.2) is 18.2 Å². The average molecular weight is 392 g/mol. The molecule has 2 aromatic rings. The zero-order chi connectivity index (χ0) is 15.9. The number of nitrogens with one attached hydrogen (secondary N) is 1. The summed E-state index contributed by atoms with van der Waals surface area (Å²) in [4.78, 5) is 0. The molecule has 2 rings (SSSR count). The van der Waals surface area contributed by atoms with Gasteiger partial charge in [0, 0.05) is 6.04 Å². The largest absolute Gasteiger partial charge is 0.275 e. The highest BCUT2D eigenvalue weighted by Crippen LogP contribution is 2.32. The van der Waals surface area contributed by atoms with Crippen LogP contribution in [0.4, 0.5) is 5.69 Å². The zero-order valence-electron chi connectivity index (χ0n) is 12.6. The fraction of sp³-hybridized carbons (Fsp3) is 0.462. The Bertz CT molecular complexity index is 756. The lowest BCUT2D eigenvalue weighted by molar-refractivity contribution is 0.516. The Morgan fingerprint density at radius 1 is 1.33 bits per heavy atom. The number of sulfonamides is 1. The number of aryl methyl sites for hydroxylation is 2. The molecule has 1 N–H and O–H groups in total. The van der Waals surface area contributed by atoms with E-state index >= 15 is 0 Å². The van der Waals surface area contributed by atoms with E-state index in [2.05, 4.69) is 25.8 Å². The molecule has 0 atom stereocenters. The van der Waals surface area contributed by atoms with E-state index in [4.69, 9.17) is 0 Å². The van der Waals surface area contributed by atoms with Crippen LogP contribution in [0.15, 0.2) is 14.1 Å². The van der Waals surface area contributed by atoms with Crippen molar-refractivity contribution in [2.24, 2.45) is 0 Å². The number of aromatic nitrogens is 2. The first kappa shape index (κ1) is 16.5. The van der Waals surface area contributed by atoms with E-state index in [1.807, 2.05) is 32.4 Å². The molecule has 0 aromatic carbocycles. The molecule has 0 saturated heterocycles. The number of thiophene rings is 1.